The molecule has 0 aromatic carbocycles. The van der Waals surface area contributed by atoms with Crippen LogP contribution < -0.4 is 5.32 Å². The summed E-state index contributed by atoms with van der Waals surface area (Å²) in [5.41, 5.74) is 0. The molecule has 0 spiro atoms. The molecule has 0 saturated heterocycles. The fourth-order valence-electron chi connectivity index (χ4n) is 1.14. The minimum atomic E-state index is -4.25. The molecule has 0 fully saturated rings. The van der Waals surface area contributed by atoms with Gasteiger partial charge in [-0.1, -0.05) is 5.16 Å². The minimum Gasteiger partial charge on any atom is -0.371 e. The van der Waals surface area contributed by atoms with E-state index >= 15 is 0 Å². The predicted molar refractivity (Wildman–Crippen MR) is 52.1 cm³/mol. The maximum absolute atomic E-state index is 11.8. The third-order valence-corrected chi connectivity index (χ3v) is 1.87. The summed E-state index contributed by atoms with van der Waals surface area (Å²) in [7, 11) is 0. The van der Waals surface area contributed by atoms with Crippen LogP contribution in [0.5, 0.6) is 0 Å². The van der Waals surface area contributed by atoms with Crippen LogP contribution in [0.15, 0.2) is 4.52 Å². The predicted octanol–water partition coefficient (Wildman–Crippen LogP) is 1.82. The van der Waals surface area contributed by atoms with E-state index in [2.05, 4.69) is 15.5 Å². The molecule has 0 aliphatic rings. The zero-order valence-electron chi connectivity index (χ0n) is 9.54. The van der Waals surface area contributed by atoms with Gasteiger partial charge in [0.1, 0.15) is 6.10 Å². The first-order valence-corrected chi connectivity index (χ1v) is 5.14. The highest BCUT2D eigenvalue weighted by molar-refractivity contribution is 4.89. The van der Waals surface area contributed by atoms with Crippen LogP contribution in [0.3, 0.4) is 0 Å². The van der Waals surface area contributed by atoms with Crippen molar-refractivity contribution >= 4 is 0 Å². The lowest BCUT2D eigenvalue weighted by atomic mass is 10.4. The average Bonchev–Trinajstić information content (AvgIpc) is 2.65. The molecule has 0 radical (unpaired) electrons. The Morgan fingerprint density at radius 3 is 2.76 bits per heavy atom. The second kappa shape index (κ2) is 5.97. The lowest BCUT2D eigenvalue weighted by Crippen LogP contribution is -2.28. The van der Waals surface area contributed by atoms with E-state index < -0.39 is 12.7 Å². The van der Waals surface area contributed by atoms with Crippen LogP contribution in [-0.2, 0) is 11.3 Å². The van der Waals surface area contributed by atoms with E-state index in [1.165, 1.54) is 0 Å². The van der Waals surface area contributed by atoms with Gasteiger partial charge in [0.2, 0.25) is 5.89 Å². The Hall–Kier alpha value is -1.15. The number of aromatic nitrogens is 2. The van der Waals surface area contributed by atoms with Crippen molar-refractivity contribution in [1.29, 1.82) is 0 Å². The largest absolute Gasteiger partial charge is 0.401 e. The van der Waals surface area contributed by atoms with Crippen LogP contribution in [0, 0.1) is 0 Å². The third-order valence-electron chi connectivity index (χ3n) is 1.87. The molecule has 17 heavy (non-hydrogen) atoms. The molecule has 1 aromatic heterocycles. The molecule has 1 N–H and O–H groups in total. The average molecular weight is 253 g/mol. The number of nitrogens with one attached hydrogen (secondary N) is 1. The Morgan fingerprint density at radius 2 is 2.18 bits per heavy atom. The molecular formula is C9H14F3N3O2. The van der Waals surface area contributed by atoms with Crippen molar-refractivity contribution in [1.82, 2.24) is 15.5 Å². The van der Waals surface area contributed by atoms with Crippen LogP contribution in [0.1, 0.15) is 31.7 Å². The molecular weight excluding hydrogens is 239 g/mol. The van der Waals surface area contributed by atoms with Crippen molar-refractivity contribution in [2.75, 3.05) is 13.2 Å². The molecule has 1 aromatic rings. The van der Waals surface area contributed by atoms with E-state index in [0.717, 1.165) is 0 Å². The molecule has 0 saturated carbocycles. The Bertz CT molecular complexity index is 340. The highest BCUT2D eigenvalue weighted by Gasteiger charge is 2.26. The van der Waals surface area contributed by atoms with Gasteiger partial charge in [-0.25, -0.2) is 0 Å². The number of rotatable bonds is 6. The zero-order chi connectivity index (χ0) is 12.9. The van der Waals surface area contributed by atoms with Gasteiger partial charge in [-0.2, -0.15) is 18.2 Å². The number of alkyl halides is 3. The molecule has 1 unspecified atom stereocenters. The zero-order valence-corrected chi connectivity index (χ0v) is 9.54. The Labute approximate surface area is 96.3 Å². The van der Waals surface area contributed by atoms with E-state index in [9.17, 15) is 13.2 Å². The van der Waals surface area contributed by atoms with Gasteiger partial charge < -0.3 is 14.6 Å². The van der Waals surface area contributed by atoms with Crippen LogP contribution in [-0.4, -0.2) is 29.5 Å². The van der Waals surface area contributed by atoms with Gasteiger partial charge in [0.05, 0.1) is 13.1 Å². The van der Waals surface area contributed by atoms with Crippen molar-refractivity contribution in [3.63, 3.8) is 0 Å². The number of nitrogens with zero attached hydrogens (tertiary/aromatic N) is 2. The Morgan fingerprint density at radius 1 is 1.47 bits per heavy atom. The van der Waals surface area contributed by atoms with Gasteiger partial charge in [0, 0.05) is 6.61 Å². The van der Waals surface area contributed by atoms with Crippen molar-refractivity contribution in [2.45, 2.75) is 32.7 Å². The summed E-state index contributed by atoms with van der Waals surface area (Å²) in [6.07, 6.45) is -4.58. The van der Waals surface area contributed by atoms with E-state index in [0.29, 0.717) is 12.4 Å². The maximum Gasteiger partial charge on any atom is 0.401 e. The molecule has 98 valence electrons. The summed E-state index contributed by atoms with van der Waals surface area (Å²) >= 11 is 0. The number of hydrogen-bond donors (Lipinski definition) is 1. The summed E-state index contributed by atoms with van der Waals surface area (Å²) in [4.78, 5) is 3.92. The second-order valence-electron chi connectivity index (χ2n) is 3.36. The van der Waals surface area contributed by atoms with Crippen molar-refractivity contribution in [2.24, 2.45) is 0 Å². The molecule has 1 heterocycles. The van der Waals surface area contributed by atoms with Crippen molar-refractivity contribution in [3.8, 4) is 0 Å². The fraction of sp³-hybridized carbons (Fsp3) is 0.778. The molecule has 5 nitrogen and oxygen atoms in total. The molecule has 1 rings (SSSR count). The van der Waals surface area contributed by atoms with Crippen LogP contribution in [0.25, 0.3) is 0 Å². The topological polar surface area (TPSA) is 60.2 Å². The normalized spacial score (nSPS) is 13.9. The van der Waals surface area contributed by atoms with E-state index in [1.807, 2.05) is 6.92 Å². The van der Waals surface area contributed by atoms with E-state index in [-0.39, 0.29) is 18.5 Å². The van der Waals surface area contributed by atoms with Gasteiger partial charge in [-0.15, -0.1) is 0 Å². The summed E-state index contributed by atoms with van der Waals surface area (Å²) in [5, 5.41) is 5.78. The fourth-order valence-corrected chi connectivity index (χ4v) is 1.14. The van der Waals surface area contributed by atoms with Gasteiger partial charge in [-0.3, -0.25) is 0 Å². The first kappa shape index (κ1) is 13.9. The highest BCUT2D eigenvalue weighted by Crippen LogP contribution is 2.14. The quantitative estimate of drug-likeness (QED) is 0.837. The van der Waals surface area contributed by atoms with Gasteiger partial charge in [0.15, 0.2) is 5.82 Å². The number of hydrogen-bond acceptors (Lipinski definition) is 5. The monoisotopic (exact) mass is 253 g/mol. The Balaban J connectivity index is 2.40. The SMILES string of the molecule is CCOC(C)c1noc(CNCC(F)(F)F)n1. The number of ether oxygens (including phenoxy) is 1. The minimum absolute atomic E-state index is 0.107. The summed E-state index contributed by atoms with van der Waals surface area (Å²) < 4.78 is 45.5. The molecule has 8 heteroatoms. The van der Waals surface area contributed by atoms with Crippen LogP contribution in [0.2, 0.25) is 0 Å². The summed E-state index contributed by atoms with van der Waals surface area (Å²) in [6.45, 7) is 2.85. The van der Waals surface area contributed by atoms with Gasteiger partial charge in [-0.05, 0) is 13.8 Å². The molecule has 0 amide bonds. The lowest BCUT2D eigenvalue weighted by molar-refractivity contribution is -0.125. The van der Waals surface area contributed by atoms with Gasteiger partial charge >= 0.3 is 6.18 Å². The lowest BCUT2D eigenvalue weighted by Gasteiger charge is -2.05. The van der Waals surface area contributed by atoms with Crippen LogP contribution in [0.4, 0.5) is 13.2 Å². The summed E-state index contributed by atoms with van der Waals surface area (Å²) in [6, 6.07) is 0. The standard InChI is InChI=1S/C9H14F3N3O2/c1-3-16-6(2)8-14-7(17-15-8)4-13-5-9(10,11)12/h6,13H,3-5H2,1-2H3. The first-order valence-electron chi connectivity index (χ1n) is 5.14. The van der Waals surface area contributed by atoms with Gasteiger partial charge in [0.25, 0.3) is 0 Å². The molecule has 0 aliphatic heterocycles. The summed E-state index contributed by atoms with van der Waals surface area (Å²) in [5.74, 6) is 0.437. The molecule has 0 aliphatic carbocycles. The smallest absolute Gasteiger partial charge is 0.371 e. The van der Waals surface area contributed by atoms with Crippen molar-refractivity contribution in [3.05, 3.63) is 11.7 Å². The maximum atomic E-state index is 11.8. The second-order valence-corrected chi connectivity index (χ2v) is 3.36. The first-order chi connectivity index (χ1) is 7.92. The molecule has 0 bridgehead atoms. The van der Waals surface area contributed by atoms with E-state index in [4.69, 9.17) is 9.26 Å². The third kappa shape index (κ3) is 5.14. The van der Waals surface area contributed by atoms with Crippen molar-refractivity contribution < 1.29 is 22.4 Å². The number of halogens is 3. The van der Waals surface area contributed by atoms with Crippen LogP contribution >= 0.6 is 0 Å². The highest BCUT2D eigenvalue weighted by atomic mass is 19.4. The molecule has 1 atom stereocenters. The Kier molecular flexibility index (Phi) is 4.88. The van der Waals surface area contributed by atoms with E-state index in [1.54, 1.807) is 6.92 Å².